The van der Waals surface area contributed by atoms with E-state index in [9.17, 15) is 18.0 Å². The van der Waals surface area contributed by atoms with Crippen LogP contribution in [0, 0.1) is 0 Å². The zero-order valence-electron chi connectivity index (χ0n) is 13.1. The van der Waals surface area contributed by atoms with Crippen LogP contribution in [0.25, 0.3) is 17.0 Å². The lowest BCUT2D eigenvalue weighted by molar-refractivity contribution is -0.142. The Morgan fingerprint density at radius 1 is 1.20 bits per heavy atom. The maximum absolute atomic E-state index is 13.4. The number of ether oxygens (including phenoxy) is 1. The molecule has 0 saturated carbocycles. The van der Waals surface area contributed by atoms with Crippen molar-refractivity contribution < 1.29 is 22.7 Å². The number of nitrogens with zero attached hydrogens (tertiary/aromatic N) is 4. The number of carbonyl (C=O) groups excluding carboxylic acids is 1. The highest BCUT2D eigenvalue weighted by molar-refractivity contribution is 5.85. The van der Waals surface area contributed by atoms with Gasteiger partial charge in [0.25, 0.3) is 11.6 Å². The molecule has 0 bridgehead atoms. The minimum atomic E-state index is -4.69. The molecule has 0 N–H and O–H groups in total. The molecule has 0 aliphatic rings. The van der Waals surface area contributed by atoms with Gasteiger partial charge in [0, 0.05) is 5.56 Å². The molecule has 0 fully saturated rings. The molecule has 0 amide bonds. The van der Waals surface area contributed by atoms with Gasteiger partial charge >= 0.3 is 12.1 Å². The summed E-state index contributed by atoms with van der Waals surface area (Å²) < 4.78 is 45.6. The maximum atomic E-state index is 13.4. The lowest BCUT2D eigenvalue weighted by atomic mass is 10.1. The second-order valence-corrected chi connectivity index (χ2v) is 5.17. The number of benzene rings is 1. The maximum Gasteiger partial charge on any atom is 0.433 e. The van der Waals surface area contributed by atoms with E-state index in [2.05, 4.69) is 15.1 Å². The monoisotopic (exact) mass is 350 g/mol. The highest BCUT2D eigenvalue weighted by Gasteiger charge is 2.36. The Hall–Kier alpha value is -2.97. The lowest BCUT2D eigenvalue weighted by Crippen LogP contribution is -2.14. The highest BCUT2D eigenvalue weighted by Crippen LogP contribution is 2.31. The van der Waals surface area contributed by atoms with Gasteiger partial charge in [-0.25, -0.2) is 9.78 Å². The predicted molar refractivity (Wildman–Crippen MR) is 81.8 cm³/mol. The van der Waals surface area contributed by atoms with Gasteiger partial charge in [0.2, 0.25) is 0 Å². The van der Waals surface area contributed by atoms with Crippen molar-refractivity contribution in [3.63, 3.8) is 0 Å². The van der Waals surface area contributed by atoms with Crippen molar-refractivity contribution in [3.8, 4) is 11.3 Å². The van der Waals surface area contributed by atoms with E-state index in [4.69, 9.17) is 4.74 Å². The van der Waals surface area contributed by atoms with E-state index in [1.165, 1.54) is 0 Å². The van der Waals surface area contributed by atoms with Crippen molar-refractivity contribution in [3.05, 3.63) is 47.9 Å². The van der Waals surface area contributed by atoms with E-state index in [-0.39, 0.29) is 18.1 Å². The fraction of sp³-hybridized carbons (Fsp3) is 0.250. The molecule has 0 saturated heterocycles. The summed E-state index contributed by atoms with van der Waals surface area (Å²) in [5.41, 5.74) is -0.492. The first-order valence-electron chi connectivity index (χ1n) is 7.47. The third-order valence-corrected chi connectivity index (χ3v) is 3.29. The Labute approximate surface area is 140 Å². The average Bonchev–Trinajstić information content (AvgIpc) is 3.02. The Morgan fingerprint density at radius 3 is 2.56 bits per heavy atom. The number of rotatable bonds is 4. The van der Waals surface area contributed by atoms with E-state index in [1.54, 1.807) is 37.3 Å². The SMILES string of the molecule is CCCOC(=O)c1nc2nc(-c3ccccc3)cc(C(F)(F)F)n2n1. The zero-order valence-corrected chi connectivity index (χ0v) is 13.1. The molecule has 1 aromatic carbocycles. The number of carbonyl (C=O) groups is 1. The molecule has 3 rings (SSSR count). The summed E-state index contributed by atoms with van der Waals surface area (Å²) in [5, 5.41) is 3.62. The van der Waals surface area contributed by atoms with Crippen LogP contribution in [0.3, 0.4) is 0 Å². The molecule has 0 unspecified atom stereocenters. The van der Waals surface area contributed by atoms with Crippen molar-refractivity contribution in [1.29, 1.82) is 0 Å². The first kappa shape index (κ1) is 16.9. The zero-order chi connectivity index (χ0) is 18.0. The molecule has 2 aromatic heterocycles. The molecule has 0 aliphatic carbocycles. The summed E-state index contributed by atoms with van der Waals surface area (Å²) in [6.07, 6.45) is -4.12. The molecule has 9 heteroatoms. The summed E-state index contributed by atoms with van der Waals surface area (Å²) in [6, 6.07) is 9.25. The molecule has 2 heterocycles. The summed E-state index contributed by atoms with van der Waals surface area (Å²) in [5.74, 6) is -1.67. The number of hydrogen-bond donors (Lipinski definition) is 0. The van der Waals surface area contributed by atoms with Crippen LogP contribution >= 0.6 is 0 Å². The molecule has 6 nitrogen and oxygen atoms in total. The van der Waals surface area contributed by atoms with E-state index >= 15 is 0 Å². The van der Waals surface area contributed by atoms with Gasteiger partial charge in [-0.2, -0.15) is 22.7 Å². The van der Waals surface area contributed by atoms with Crippen molar-refractivity contribution in [2.45, 2.75) is 19.5 Å². The number of fused-ring (bicyclic) bond motifs is 1. The van der Waals surface area contributed by atoms with Gasteiger partial charge in [-0.15, -0.1) is 5.10 Å². The van der Waals surface area contributed by atoms with Crippen LogP contribution in [0.5, 0.6) is 0 Å². The van der Waals surface area contributed by atoms with Gasteiger partial charge in [0.1, 0.15) is 0 Å². The molecule has 0 radical (unpaired) electrons. The number of aromatic nitrogens is 4. The van der Waals surface area contributed by atoms with Gasteiger partial charge in [0.15, 0.2) is 5.69 Å². The van der Waals surface area contributed by atoms with Crippen LogP contribution in [0.4, 0.5) is 13.2 Å². The molecular weight excluding hydrogens is 337 g/mol. The topological polar surface area (TPSA) is 69.4 Å². The summed E-state index contributed by atoms with van der Waals surface area (Å²) in [4.78, 5) is 19.7. The van der Waals surface area contributed by atoms with Crippen molar-refractivity contribution in [1.82, 2.24) is 19.6 Å². The smallest absolute Gasteiger partial charge is 0.433 e. The summed E-state index contributed by atoms with van der Waals surface area (Å²) in [7, 11) is 0. The van der Waals surface area contributed by atoms with Crippen LogP contribution in [-0.4, -0.2) is 32.2 Å². The van der Waals surface area contributed by atoms with E-state index in [1.807, 2.05) is 0 Å². The standard InChI is InChI=1S/C16H13F3N4O2/c1-2-8-25-14(24)13-21-15-20-11(10-6-4-3-5-7-10)9-12(16(17,18)19)23(15)22-13/h3-7,9H,2,8H2,1H3. The molecule has 25 heavy (non-hydrogen) atoms. The summed E-state index contributed by atoms with van der Waals surface area (Å²) >= 11 is 0. The predicted octanol–water partition coefficient (Wildman–Crippen LogP) is 3.38. The van der Waals surface area contributed by atoms with Crippen molar-refractivity contribution in [2.75, 3.05) is 6.61 Å². The van der Waals surface area contributed by atoms with Gasteiger partial charge in [-0.05, 0) is 12.5 Å². The van der Waals surface area contributed by atoms with Crippen LogP contribution in [0.15, 0.2) is 36.4 Å². The van der Waals surface area contributed by atoms with Crippen LogP contribution < -0.4 is 0 Å². The second kappa shape index (κ2) is 6.50. The number of halogens is 3. The minimum absolute atomic E-state index is 0.0845. The van der Waals surface area contributed by atoms with Gasteiger partial charge in [0.05, 0.1) is 12.3 Å². The molecule has 3 aromatic rings. The largest absolute Gasteiger partial charge is 0.460 e. The quantitative estimate of drug-likeness (QED) is 0.675. The third kappa shape index (κ3) is 3.44. The molecule has 0 atom stereocenters. The van der Waals surface area contributed by atoms with Gasteiger partial charge in [-0.1, -0.05) is 37.3 Å². The molecule has 0 aliphatic heterocycles. The summed E-state index contributed by atoms with van der Waals surface area (Å²) in [6.45, 7) is 1.92. The van der Waals surface area contributed by atoms with E-state index < -0.39 is 23.7 Å². The van der Waals surface area contributed by atoms with Crippen LogP contribution in [-0.2, 0) is 10.9 Å². The Balaban J connectivity index is 2.15. The highest BCUT2D eigenvalue weighted by atomic mass is 19.4. The first-order valence-corrected chi connectivity index (χ1v) is 7.47. The molecule has 130 valence electrons. The lowest BCUT2D eigenvalue weighted by Gasteiger charge is -2.10. The average molecular weight is 350 g/mol. The van der Waals surface area contributed by atoms with Crippen LogP contribution in [0.1, 0.15) is 29.7 Å². The Bertz CT molecular complexity index is 907. The third-order valence-electron chi connectivity index (χ3n) is 3.29. The Kier molecular flexibility index (Phi) is 4.39. The molecular formula is C16H13F3N4O2. The van der Waals surface area contributed by atoms with E-state index in [0.717, 1.165) is 6.07 Å². The molecule has 0 spiro atoms. The van der Waals surface area contributed by atoms with E-state index in [0.29, 0.717) is 16.5 Å². The normalized spacial score (nSPS) is 11.7. The fourth-order valence-electron chi connectivity index (χ4n) is 2.17. The minimum Gasteiger partial charge on any atom is -0.460 e. The number of esters is 1. The van der Waals surface area contributed by atoms with Gasteiger partial charge < -0.3 is 4.74 Å². The first-order chi connectivity index (χ1) is 11.9. The van der Waals surface area contributed by atoms with Crippen molar-refractivity contribution >= 4 is 11.7 Å². The second-order valence-electron chi connectivity index (χ2n) is 5.17. The number of hydrogen-bond acceptors (Lipinski definition) is 5. The fourth-order valence-corrected chi connectivity index (χ4v) is 2.17. The Morgan fingerprint density at radius 2 is 1.92 bits per heavy atom. The number of alkyl halides is 3. The van der Waals surface area contributed by atoms with Crippen molar-refractivity contribution in [2.24, 2.45) is 0 Å². The van der Waals surface area contributed by atoms with Crippen LogP contribution in [0.2, 0.25) is 0 Å². The van der Waals surface area contributed by atoms with Gasteiger partial charge in [-0.3, -0.25) is 0 Å².